The van der Waals surface area contributed by atoms with Crippen LogP contribution in [0.3, 0.4) is 0 Å². The number of para-hydroxylation sites is 2. The highest BCUT2D eigenvalue weighted by Gasteiger charge is 2.43. The van der Waals surface area contributed by atoms with E-state index in [2.05, 4.69) is 59.2 Å². The third-order valence-electron chi connectivity index (χ3n) is 4.58. The van der Waals surface area contributed by atoms with Crippen molar-refractivity contribution in [3.63, 3.8) is 0 Å². The van der Waals surface area contributed by atoms with Gasteiger partial charge in [0.25, 0.3) is 0 Å². The van der Waals surface area contributed by atoms with Gasteiger partial charge in [0.05, 0.1) is 6.07 Å². The third-order valence-corrected chi connectivity index (χ3v) is 4.58. The maximum absolute atomic E-state index is 9.04. The molecule has 4 rings (SSSR count). The van der Waals surface area contributed by atoms with Crippen molar-refractivity contribution in [2.75, 3.05) is 0 Å². The van der Waals surface area contributed by atoms with Crippen molar-refractivity contribution in [1.29, 1.82) is 5.26 Å². The molecule has 0 saturated heterocycles. The second-order valence-electron chi connectivity index (χ2n) is 5.96. The molecule has 0 radical (unpaired) electrons. The molecule has 0 bridgehead atoms. The van der Waals surface area contributed by atoms with E-state index in [-0.39, 0.29) is 5.41 Å². The minimum absolute atomic E-state index is 0.222. The van der Waals surface area contributed by atoms with Crippen LogP contribution in [-0.4, -0.2) is 4.57 Å². The summed E-state index contributed by atoms with van der Waals surface area (Å²) in [7, 11) is 0. The number of benzene rings is 2. The maximum Gasteiger partial charge on any atom is 0.0628 e. The number of rotatable bonds is 3. The van der Waals surface area contributed by atoms with Gasteiger partial charge in [-0.1, -0.05) is 36.4 Å². The zero-order chi connectivity index (χ0) is 13.6. The van der Waals surface area contributed by atoms with Gasteiger partial charge >= 0.3 is 0 Å². The highest BCUT2D eigenvalue weighted by atomic mass is 15.0. The molecule has 0 unspecified atom stereocenters. The van der Waals surface area contributed by atoms with Gasteiger partial charge in [0, 0.05) is 40.2 Å². The molecule has 1 heterocycles. The van der Waals surface area contributed by atoms with Crippen LogP contribution in [0, 0.1) is 16.7 Å². The summed E-state index contributed by atoms with van der Waals surface area (Å²) >= 11 is 0. The molecule has 2 aromatic carbocycles. The Morgan fingerprint density at radius 1 is 0.950 bits per heavy atom. The molecular formula is C18H16N2. The Labute approximate surface area is 118 Å². The molecule has 1 aliphatic carbocycles. The van der Waals surface area contributed by atoms with Crippen LogP contribution in [0.15, 0.2) is 48.5 Å². The molecule has 0 amide bonds. The van der Waals surface area contributed by atoms with Crippen molar-refractivity contribution in [3.8, 4) is 6.07 Å². The molecule has 1 saturated carbocycles. The molecule has 20 heavy (non-hydrogen) atoms. The van der Waals surface area contributed by atoms with Crippen molar-refractivity contribution < 1.29 is 0 Å². The van der Waals surface area contributed by atoms with Gasteiger partial charge in [0.2, 0.25) is 0 Å². The first-order valence-electron chi connectivity index (χ1n) is 7.16. The molecule has 2 nitrogen and oxygen atoms in total. The summed E-state index contributed by atoms with van der Waals surface area (Å²) in [5.41, 5.74) is 2.80. The van der Waals surface area contributed by atoms with Gasteiger partial charge in [0.1, 0.15) is 0 Å². The Balaban J connectivity index is 1.94. The quantitative estimate of drug-likeness (QED) is 0.682. The van der Waals surface area contributed by atoms with E-state index in [1.54, 1.807) is 0 Å². The van der Waals surface area contributed by atoms with Crippen molar-refractivity contribution in [3.05, 3.63) is 48.5 Å². The Kier molecular flexibility index (Phi) is 2.37. The molecule has 1 aromatic heterocycles. The average molecular weight is 260 g/mol. The monoisotopic (exact) mass is 260 g/mol. The molecule has 98 valence electrons. The minimum Gasteiger partial charge on any atom is -0.340 e. The summed E-state index contributed by atoms with van der Waals surface area (Å²) in [5.74, 6) is 0. The van der Waals surface area contributed by atoms with E-state index in [1.807, 2.05) is 0 Å². The van der Waals surface area contributed by atoms with E-state index in [9.17, 15) is 0 Å². The summed E-state index contributed by atoms with van der Waals surface area (Å²) < 4.78 is 2.41. The lowest BCUT2D eigenvalue weighted by molar-refractivity contribution is 0.446. The van der Waals surface area contributed by atoms with Gasteiger partial charge in [-0.3, -0.25) is 0 Å². The predicted octanol–water partition coefficient (Wildman–Crippen LogP) is 4.49. The zero-order valence-electron chi connectivity index (χ0n) is 11.3. The maximum atomic E-state index is 9.04. The van der Waals surface area contributed by atoms with Crippen molar-refractivity contribution in [2.45, 2.75) is 25.8 Å². The molecule has 0 N–H and O–H groups in total. The predicted molar refractivity (Wildman–Crippen MR) is 81.3 cm³/mol. The Bertz CT molecular complexity index is 778. The van der Waals surface area contributed by atoms with E-state index in [0.29, 0.717) is 6.42 Å². The number of aromatic nitrogens is 1. The van der Waals surface area contributed by atoms with Gasteiger partial charge in [-0.05, 0) is 25.0 Å². The first-order valence-corrected chi connectivity index (χ1v) is 7.16. The summed E-state index contributed by atoms with van der Waals surface area (Å²) in [6.45, 7) is 0.967. The Morgan fingerprint density at radius 2 is 1.50 bits per heavy atom. The molecule has 1 aliphatic rings. The van der Waals surface area contributed by atoms with Gasteiger partial charge in [-0.2, -0.15) is 5.26 Å². The lowest BCUT2D eigenvalue weighted by Crippen LogP contribution is -2.10. The zero-order valence-corrected chi connectivity index (χ0v) is 11.3. The number of fused-ring (bicyclic) bond motifs is 3. The second-order valence-corrected chi connectivity index (χ2v) is 5.96. The lowest BCUT2D eigenvalue weighted by atomic mass is 10.0. The summed E-state index contributed by atoms with van der Waals surface area (Å²) in [5, 5.41) is 11.7. The van der Waals surface area contributed by atoms with Gasteiger partial charge in [-0.15, -0.1) is 0 Å². The fourth-order valence-corrected chi connectivity index (χ4v) is 3.24. The SMILES string of the molecule is N#CCC1(Cn2c3ccccc3c3ccccc32)CC1. The van der Waals surface area contributed by atoms with E-state index >= 15 is 0 Å². The molecule has 0 atom stereocenters. The number of hydrogen-bond donors (Lipinski definition) is 0. The summed E-state index contributed by atoms with van der Waals surface area (Å²) in [4.78, 5) is 0. The lowest BCUT2D eigenvalue weighted by Gasteiger charge is -2.14. The van der Waals surface area contributed by atoms with Crippen molar-refractivity contribution in [2.24, 2.45) is 5.41 Å². The number of hydrogen-bond acceptors (Lipinski definition) is 1. The molecule has 2 heteroatoms. The van der Waals surface area contributed by atoms with Crippen LogP contribution in [0.1, 0.15) is 19.3 Å². The van der Waals surface area contributed by atoms with Crippen LogP contribution in [-0.2, 0) is 6.54 Å². The largest absolute Gasteiger partial charge is 0.340 e. The highest BCUT2D eigenvalue weighted by molar-refractivity contribution is 6.07. The fraction of sp³-hybridized carbons (Fsp3) is 0.278. The summed E-state index contributed by atoms with van der Waals surface area (Å²) in [6.07, 6.45) is 3.04. The van der Waals surface area contributed by atoms with E-state index in [0.717, 1.165) is 6.54 Å². The van der Waals surface area contributed by atoms with Crippen molar-refractivity contribution >= 4 is 21.8 Å². The van der Waals surface area contributed by atoms with Crippen LogP contribution >= 0.6 is 0 Å². The second kappa shape index (κ2) is 4.11. The average Bonchev–Trinajstić information content (AvgIpc) is 3.18. The van der Waals surface area contributed by atoms with Crippen molar-refractivity contribution in [1.82, 2.24) is 4.57 Å². The Morgan fingerprint density at radius 3 is 2.00 bits per heavy atom. The minimum atomic E-state index is 0.222. The highest BCUT2D eigenvalue weighted by Crippen LogP contribution is 2.51. The fourth-order valence-electron chi connectivity index (χ4n) is 3.24. The standard InChI is InChI=1S/C18H16N2/c19-12-11-18(9-10-18)13-20-16-7-3-1-5-14(16)15-6-2-4-8-17(15)20/h1-8H,9-11,13H2. The molecule has 3 aromatic rings. The normalized spacial score (nSPS) is 16.4. The topological polar surface area (TPSA) is 28.7 Å². The van der Waals surface area contributed by atoms with Crippen LogP contribution in [0.2, 0.25) is 0 Å². The molecular weight excluding hydrogens is 244 g/mol. The smallest absolute Gasteiger partial charge is 0.0628 e. The first kappa shape index (κ1) is 11.5. The van der Waals surface area contributed by atoms with Gasteiger partial charge in [-0.25, -0.2) is 0 Å². The molecule has 1 fully saturated rings. The summed E-state index contributed by atoms with van der Waals surface area (Å²) in [6, 6.07) is 19.5. The Hall–Kier alpha value is -2.27. The molecule has 0 aliphatic heterocycles. The van der Waals surface area contributed by atoms with Gasteiger partial charge < -0.3 is 4.57 Å². The van der Waals surface area contributed by atoms with Crippen LogP contribution in [0.5, 0.6) is 0 Å². The first-order chi connectivity index (χ1) is 9.83. The van der Waals surface area contributed by atoms with Crippen LogP contribution in [0.25, 0.3) is 21.8 Å². The van der Waals surface area contributed by atoms with Gasteiger partial charge in [0.15, 0.2) is 0 Å². The molecule has 0 spiro atoms. The van der Waals surface area contributed by atoms with Crippen LogP contribution < -0.4 is 0 Å². The number of nitriles is 1. The van der Waals surface area contributed by atoms with E-state index in [4.69, 9.17) is 5.26 Å². The third kappa shape index (κ3) is 1.63. The van der Waals surface area contributed by atoms with E-state index < -0.39 is 0 Å². The van der Waals surface area contributed by atoms with E-state index in [1.165, 1.54) is 34.6 Å². The number of nitrogens with zero attached hydrogens (tertiary/aromatic N) is 2. The van der Waals surface area contributed by atoms with Crippen LogP contribution in [0.4, 0.5) is 0 Å².